The molecule has 0 spiro atoms. The summed E-state index contributed by atoms with van der Waals surface area (Å²) in [7, 11) is 0. The fourth-order valence-electron chi connectivity index (χ4n) is 3.97. The van der Waals surface area contributed by atoms with Crippen molar-refractivity contribution < 1.29 is 0 Å². The van der Waals surface area contributed by atoms with Crippen LogP contribution >= 0.6 is 23.2 Å². The van der Waals surface area contributed by atoms with E-state index in [4.69, 9.17) is 28.2 Å². The van der Waals surface area contributed by atoms with E-state index < -0.39 is 4.65 Å². The van der Waals surface area contributed by atoms with E-state index in [1.165, 1.54) is 0 Å². The van der Waals surface area contributed by atoms with E-state index in [0.29, 0.717) is 28.2 Å². The van der Waals surface area contributed by atoms with Crippen molar-refractivity contribution in [3.63, 3.8) is 0 Å². The Labute approximate surface area is 162 Å². The van der Waals surface area contributed by atoms with Gasteiger partial charge in [-0.3, -0.25) is 0 Å². The SMILES string of the molecule is CCNc1ncc2c(n1)N1CCCC1C[N+]([O-])(c1cc(Cl)ccc1Cl)C2. The lowest BCUT2D eigenvalue weighted by atomic mass is 10.2. The summed E-state index contributed by atoms with van der Waals surface area (Å²) in [6.07, 6.45) is 3.79. The molecule has 0 radical (unpaired) electrons. The largest absolute Gasteiger partial charge is 0.627 e. The van der Waals surface area contributed by atoms with Crippen LogP contribution in [0.1, 0.15) is 25.3 Å². The highest BCUT2D eigenvalue weighted by atomic mass is 35.5. The molecule has 0 aliphatic carbocycles. The molecule has 138 valence electrons. The van der Waals surface area contributed by atoms with Crippen LogP contribution in [0.2, 0.25) is 10.0 Å². The van der Waals surface area contributed by atoms with Gasteiger partial charge in [-0.05, 0) is 31.9 Å². The maximum Gasteiger partial charge on any atom is 0.224 e. The summed E-state index contributed by atoms with van der Waals surface area (Å²) in [6, 6.07) is 5.22. The van der Waals surface area contributed by atoms with E-state index in [1.54, 1.807) is 24.4 Å². The quantitative estimate of drug-likeness (QED) is 0.624. The zero-order valence-electron chi connectivity index (χ0n) is 14.6. The van der Waals surface area contributed by atoms with E-state index in [1.807, 2.05) is 6.92 Å². The van der Waals surface area contributed by atoms with Crippen LogP contribution in [-0.2, 0) is 6.54 Å². The van der Waals surface area contributed by atoms with Crippen LogP contribution in [0.5, 0.6) is 0 Å². The molecule has 6 nitrogen and oxygen atoms in total. The molecule has 26 heavy (non-hydrogen) atoms. The minimum absolute atomic E-state index is 0.133. The smallest absolute Gasteiger partial charge is 0.224 e. The number of hydrogen-bond acceptors (Lipinski definition) is 5. The second-order valence-corrected chi connectivity index (χ2v) is 7.73. The molecule has 1 saturated heterocycles. The number of fused-ring (bicyclic) bond motifs is 3. The van der Waals surface area contributed by atoms with Gasteiger partial charge in [-0.15, -0.1) is 0 Å². The van der Waals surface area contributed by atoms with Crippen molar-refractivity contribution in [3.8, 4) is 0 Å². The number of hydroxylamine groups is 2. The Morgan fingerprint density at radius 2 is 2.23 bits per heavy atom. The van der Waals surface area contributed by atoms with Crippen molar-refractivity contribution in [2.24, 2.45) is 0 Å². The van der Waals surface area contributed by atoms with Gasteiger partial charge in [-0.25, -0.2) is 4.98 Å². The summed E-state index contributed by atoms with van der Waals surface area (Å²) < 4.78 is -0.544. The molecular weight excluding hydrogens is 373 g/mol. The normalized spacial score (nSPS) is 24.8. The van der Waals surface area contributed by atoms with Crippen LogP contribution < -0.4 is 14.9 Å². The maximum absolute atomic E-state index is 13.9. The molecule has 2 aliphatic rings. The molecule has 0 amide bonds. The zero-order chi connectivity index (χ0) is 18.3. The first-order chi connectivity index (χ1) is 12.5. The number of hydrogen-bond donors (Lipinski definition) is 1. The van der Waals surface area contributed by atoms with E-state index in [-0.39, 0.29) is 12.6 Å². The summed E-state index contributed by atoms with van der Waals surface area (Å²) in [6.45, 7) is 4.33. The molecule has 1 N–H and O–H groups in total. The monoisotopic (exact) mass is 393 g/mol. The number of halogens is 2. The predicted octanol–water partition coefficient (Wildman–Crippen LogP) is 4.20. The highest BCUT2D eigenvalue weighted by Crippen LogP contribution is 2.41. The van der Waals surface area contributed by atoms with Gasteiger partial charge in [0.15, 0.2) is 5.69 Å². The number of nitrogens with one attached hydrogen (secondary N) is 1. The van der Waals surface area contributed by atoms with E-state index >= 15 is 0 Å². The van der Waals surface area contributed by atoms with Crippen molar-refractivity contribution in [2.45, 2.75) is 32.4 Å². The molecule has 2 atom stereocenters. The van der Waals surface area contributed by atoms with Gasteiger partial charge < -0.3 is 20.1 Å². The average molecular weight is 394 g/mol. The third-order valence-corrected chi connectivity index (χ3v) is 5.66. The number of anilines is 2. The van der Waals surface area contributed by atoms with Crippen molar-refractivity contribution in [3.05, 3.63) is 45.2 Å². The fraction of sp³-hybridized carbons (Fsp3) is 0.444. The van der Waals surface area contributed by atoms with Crippen LogP contribution in [0, 0.1) is 5.21 Å². The summed E-state index contributed by atoms with van der Waals surface area (Å²) >= 11 is 12.5. The van der Waals surface area contributed by atoms with Gasteiger partial charge in [0.25, 0.3) is 0 Å². The molecule has 1 aromatic carbocycles. The van der Waals surface area contributed by atoms with Gasteiger partial charge in [-0.2, -0.15) is 4.98 Å². The van der Waals surface area contributed by atoms with Crippen LogP contribution in [-0.4, -0.2) is 35.6 Å². The molecule has 3 heterocycles. The Kier molecular flexibility index (Phi) is 4.69. The molecule has 2 aromatic rings. The lowest BCUT2D eigenvalue weighted by molar-refractivity contribution is 0.346. The number of benzene rings is 1. The van der Waals surface area contributed by atoms with Gasteiger partial charge in [0.05, 0.1) is 11.6 Å². The molecule has 1 fully saturated rings. The summed E-state index contributed by atoms with van der Waals surface area (Å²) in [5.41, 5.74) is 1.36. The second kappa shape index (κ2) is 6.85. The minimum atomic E-state index is -0.544. The number of quaternary nitrogens is 1. The highest BCUT2D eigenvalue weighted by Gasteiger charge is 2.39. The molecule has 2 unspecified atom stereocenters. The molecule has 2 aliphatic heterocycles. The molecule has 4 rings (SSSR count). The predicted molar refractivity (Wildman–Crippen MR) is 107 cm³/mol. The number of nitrogens with zero attached hydrogens (tertiary/aromatic N) is 4. The average Bonchev–Trinajstić information content (AvgIpc) is 3.01. The van der Waals surface area contributed by atoms with Gasteiger partial charge in [0.1, 0.15) is 23.9 Å². The summed E-state index contributed by atoms with van der Waals surface area (Å²) in [5, 5.41) is 18.1. The van der Waals surface area contributed by atoms with Crippen LogP contribution in [0.4, 0.5) is 17.5 Å². The van der Waals surface area contributed by atoms with Gasteiger partial charge in [-0.1, -0.05) is 23.2 Å². The molecule has 1 aromatic heterocycles. The van der Waals surface area contributed by atoms with Crippen LogP contribution in [0.3, 0.4) is 0 Å². The Balaban J connectivity index is 1.81. The Morgan fingerprint density at radius 3 is 3.04 bits per heavy atom. The Hall–Kier alpha value is -1.60. The van der Waals surface area contributed by atoms with E-state index in [2.05, 4.69) is 15.2 Å². The third kappa shape index (κ3) is 3.11. The van der Waals surface area contributed by atoms with Crippen molar-refractivity contribution in [1.82, 2.24) is 14.6 Å². The van der Waals surface area contributed by atoms with Crippen LogP contribution in [0.25, 0.3) is 0 Å². The fourth-order valence-corrected chi connectivity index (χ4v) is 4.41. The molecular formula is C18H21Cl2N5O. The van der Waals surface area contributed by atoms with E-state index in [0.717, 1.165) is 37.3 Å². The Bertz CT molecular complexity index is 833. The third-order valence-electron chi connectivity index (χ3n) is 5.10. The topological polar surface area (TPSA) is 64.1 Å². The molecule has 0 saturated carbocycles. The molecule has 0 bridgehead atoms. The first-order valence-corrected chi connectivity index (χ1v) is 9.66. The number of aromatic nitrogens is 2. The first kappa shape index (κ1) is 17.8. The van der Waals surface area contributed by atoms with Crippen LogP contribution in [0.15, 0.2) is 24.4 Å². The maximum atomic E-state index is 13.9. The van der Waals surface area contributed by atoms with Gasteiger partial charge >= 0.3 is 0 Å². The Morgan fingerprint density at radius 1 is 1.38 bits per heavy atom. The second-order valence-electron chi connectivity index (χ2n) is 6.89. The summed E-state index contributed by atoms with van der Waals surface area (Å²) in [5.74, 6) is 1.47. The minimum Gasteiger partial charge on any atom is -0.627 e. The summed E-state index contributed by atoms with van der Waals surface area (Å²) in [4.78, 5) is 11.3. The van der Waals surface area contributed by atoms with Gasteiger partial charge in [0.2, 0.25) is 5.95 Å². The number of rotatable bonds is 3. The van der Waals surface area contributed by atoms with Crippen molar-refractivity contribution in [1.29, 1.82) is 0 Å². The molecule has 8 heteroatoms. The van der Waals surface area contributed by atoms with Crippen molar-refractivity contribution in [2.75, 3.05) is 29.9 Å². The standard InChI is InChI=1S/C18H21Cl2N5O/c1-2-21-18-22-9-12-10-25(26,16-8-13(19)5-6-15(16)20)11-14-4-3-7-24(14)17(12)23-18/h5-6,8-9,14H,2-4,7,10-11H2,1H3,(H,21,22,23). The van der Waals surface area contributed by atoms with E-state index in [9.17, 15) is 5.21 Å². The highest BCUT2D eigenvalue weighted by molar-refractivity contribution is 6.35. The lowest BCUT2D eigenvalue weighted by Crippen LogP contribution is -2.49. The zero-order valence-corrected chi connectivity index (χ0v) is 16.1. The van der Waals surface area contributed by atoms with Crippen molar-refractivity contribution >= 4 is 40.7 Å². The lowest BCUT2D eigenvalue weighted by Gasteiger charge is -2.43. The van der Waals surface area contributed by atoms with Gasteiger partial charge in [0, 0.05) is 30.4 Å². The first-order valence-electron chi connectivity index (χ1n) is 8.90.